The van der Waals surface area contributed by atoms with Crippen molar-refractivity contribution in [2.24, 2.45) is 0 Å². The van der Waals surface area contributed by atoms with Crippen LogP contribution in [0.15, 0.2) is 24.3 Å². The zero-order valence-corrected chi connectivity index (χ0v) is 13.9. The lowest BCUT2D eigenvalue weighted by atomic mass is 9.96. The maximum atomic E-state index is 12.1. The van der Waals surface area contributed by atoms with Gasteiger partial charge in [0, 0.05) is 30.0 Å². The number of carbonyl (C=O) groups is 1. The maximum absolute atomic E-state index is 12.1. The number of rotatable bonds is 3. The van der Waals surface area contributed by atoms with Crippen LogP contribution >= 0.6 is 0 Å². The molecule has 0 radical (unpaired) electrons. The van der Waals surface area contributed by atoms with Crippen LogP contribution in [-0.4, -0.2) is 37.9 Å². The summed E-state index contributed by atoms with van der Waals surface area (Å²) in [6.45, 7) is 4.62. The first-order valence-electron chi connectivity index (χ1n) is 8.74. The Morgan fingerprint density at radius 1 is 1.17 bits per heavy atom. The highest BCUT2D eigenvalue weighted by Crippen LogP contribution is 2.22. The topological polar surface area (TPSA) is 53.6 Å². The highest BCUT2D eigenvalue weighted by atomic mass is 16.5. The number of benzene rings is 1. The van der Waals surface area contributed by atoms with E-state index in [9.17, 15) is 4.79 Å². The fourth-order valence-corrected chi connectivity index (χ4v) is 3.45. The third-order valence-corrected chi connectivity index (χ3v) is 4.76. The Labute approximate surface area is 138 Å². The summed E-state index contributed by atoms with van der Waals surface area (Å²) in [6.07, 6.45) is 5.93. The normalized spacial score (nSPS) is 22.7. The smallest absolute Gasteiger partial charge is 0.319 e. The predicted octanol–water partition coefficient (Wildman–Crippen LogP) is 3.37. The van der Waals surface area contributed by atoms with Crippen molar-refractivity contribution >= 4 is 17.4 Å². The molecule has 2 N–H and O–H groups in total. The van der Waals surface area contributed by atoms with E-state index in [1.807, 2.05) is 12.1 Å². The maximum Gasteiger partial charge on any atom is 0.319 e. The van der Waals surface area contributed by atoms with Gasteiger partial charge in [-0.3, -0.25) is 0 Å². The average molecular weight is 317 g/mol. The average Bonchev–Trinajstić information content (AvgIpc) is 2.57. The molecular formula is C18H27N3O2. The molecule has 1 aliphatic heterocycles. The Morgan fingerprint density at radius 3 is 2.61 bits per heavy atom. The molecule has 0 spiro atoms. The fourth-order valence-electron chi connectivity index (χ4n) is 3.45. The molecule has 1 atom stereocenters. The monoisotopic (exact) mass is 317 g/mol. The third-order valence-electron chi connectivity index (χ3n) is 4.76. The van der Waals surface area contributed by atoms with Crippen molar-refractivity contribution in [1.29, 1.82) is 0 Å². The standard InChI is InChI=1S/C18H27N3O2/c1-14-13-23-12-11-21(14)17-9-7-16(8-10-17)20-18(22)19-15-5-3-2-4-6-15/h7-10,14-15H,2-6,11-13H2,1H3,(H2,19,20,22). The van der Waals surface area contributed by atoms with Gasteiger partial charge in [0.15, 0.2) is 0 Å². The van der Waals surface area contributed by atoms with Gasteiger partial charge in [0.05, 0.1) is 13.2 Å². The number of carbonyl (C=O) groups excluding carboxylic acids is 1. The molecule has 5 heteroatoms. The quantitative estimate of drug-likeness (QED) is 0.899. The number of anilines is 2. The van der Waals surface area contributed by atoms with Gasteiger partial charge in [-0.2, -0.15) is 0 Å². The molecule has 0 aromatic heterocycles. The molecule has 1 aliphatic carbocycles. The van der Waals surface area contributed by atoms with E-state index in [1.54, 1.807) is 0 Å². The molecule has 2 fully saturated rings. The van der Waals surface area contributed by atoms with Crippen molar-refractivity contribution in [2.75, 3.05) is 30.0 Å². The van der Waals surface area contributed by atoms with E-state index in [-0.39, 0.29) is 6.03 Å². The van der Waals surface area contributed by atoms with E-state index in [4.69, 9.17) is 4.74 Å². The van der Waals surface area contributed by atoms with Crippen molar-refractivity contribution in [2.45, 2.75) is 51.1 Å². The van der Waals surface area contributed by atoms with Gasteiger partial charge in [-0.1, -0.05) is 19.3 Å². The fraction of sp³-hybridized carbons (Fsp3) is 0.611. The predicted molar refractivity (Wildman–Crippen MR) is 93.1 cm³/mol. The largest absolute Gasteiger partial charge is 0.377 e. The minimum atomic E-state index is -0.0932. The molecule has 1 aromatic rings. The summed E-state index contributed by atoms with van der Waals surface area (Å²) in [5.74, 6) is 0. The lowest BCUT2D eigenvalue weighted by molar-refractivity contribution is 0.0989. The second-order valence-corrected chi connectivity index (χ2v) is 6.60. The van der Waals surface area contributed by atoms with Crippen LogP contribution in [0.1, 0.15) is 39.0 Å². The first-order chi connectivity index (χ1) is 11.2. The lowest BCUT2D eigenvalue weighted by Gasteiger charge is -2.35. The number of hydrogen-bond acceptors (Lipinski definition) is 3. The van der Waals surface area contributed by atoms with E-state index >= 15 is 0 Å². The summed E-state index contributed by atoms with van der Waals surface area (Å²) in [4.78, 5) is 14.4. The number of hydrogen-bond donors (Lipinski definition) is 2. The van der Waals surface area contributed by atoms with Crippen LogP contribution in [0.2, 0.25) is 0 Å². The Bertz CT molecular complexity index is 512. The molecule has 23 heavy (non-hydrogen) atoms. The molecule has 1 aromatic carbocycles. The number of nitrogens with zero attached hydrogens (tertiary/aromatic N) is 1. The molecule has 1 saturated carbocycles. The van der Waals surface area contributed by atoms with Gasteiger partial charge in [-0.25, -0.2) is 4.79 Å². The zero-order chi connectivity index (χ0) is 16.1. The number of amides is 2. The van der Waals surface area contributed by atoms with Gasteiger partial charge in [0.25, 0.3) is 0 Å². The van der Waals surface area contributed by atoms with Crippen LogP contribution in [-0.2, 0) is 4.74 Å². The van der Waals surface area contributed by atoms with E-state index in [1.165, 1.54) is 24.9 Å². The van der Waals surface area contributed by atoms with Crippen LogP contribution in [0.25, 0.3) is 0 Å². The molecule has 5 nitrogen and oxygen atoms in total. The van der Waals surface area contributed by atoms with E-state index in [2.05, 4.69) is 34.6 Å². The first-order valence-corrected chi connectivity index (χ1v) is 8.74. The zero-order valence-electron chi connectivity index (χ0n) is 13.9. The van der Waals surface area contributed by atoms with Crippen LogP contribution in [0.3, 0.4) is 0 Å². The summed E-state index contributed by atoms with van der Waals surface area (Å²) >= 11 is 0. The Kier molecular flexibility index (Phi) is 5.39. The van der Waals surface area contributed by atoms with Gasteiger partial charge in [-0.05, 0) is 44.0 Å². The van der Waals surface area contributed by atoms with Crippen molar-refractivity contribution in [3.63, 3.8) is 0 Å². The van der Waals surface area contributed by atoms with Crippen molar-refractivity contribution in [1.82, 2.24) is 5.32 Å². The molecule has 126 valence electrons. The molecule has 2 aliphatic rings. The minimum absolute atomic E-state index is 0.0932. The molecule has 2 amide bonds. The van der Waals surface area contributed by atoms with Crippen molar-refractivity contribution in [3.05, 3.63) is 24.3 Å². The highest BCUT2D eigenvalue weighted by molar-refractivity contribution is 5.89. The molecule has 1 saturated heterocycles. The van der Waals surface area contributed by atoms with Gasteiger partial charge >= 0.3 is 6.03 Å². The molecule has 3 rings (SSSR count). The van der Waals surface area contributed by atoms with Crippen LogP contribution < -0.4 is 15.5 Å². The van der Waals surface area contributed by atoms with Gasteiger partial charge < -0.3 is 20.3 Å². The lowest BCUT2D eigenvalue weighted by Crippen LogP contribution is -2.43. The van der Waals surface area contributed by atoms with E-state index in [0.29, 0.717) is 12.1 Å². The molecule has 0 bridgehead atoms. The highest BCUT2D eigenvalue weighted by Gasteiger charge is 2.19. The van der Waals surface area contributed by atoms with Crippen LogP contribution in [0.4, 0.5) is 16.2 Å². The minimum Gasteiger partial charge on any atom is -0.377 e. The van der Waals surface area contributed by atoms with Gasteiger partial charge in [-0.15, -0.1) is 0 Å². The number of morpholine rings is 1. The van der Waals surface area contributed by atoms with E-state index in [0.717, 1.165) is 38.3 Å². The molecule has 1 heterocycles. The number of urea groups is 1. The summed E-state index contributed by atoms with van der Waals surface area (Å²) < 4.78 is 5.48. The molecular weight excluding hydrogens is 290 g/mol. The SMILES string of the molecule is CC1COCCN1c1ccc(NC(=O)NC2CCCCC2)cc1. The summed E-state index contributed by atoms with van der Waals surface area (Å²) in [7, 11) is 0. The Balaban J connectivity index is 1.53. The summed E-state index contributed by atoms with van der Waals surface area (Å²) in [6, 6.07) is 8.70. The second kappa shape index (κ2) is 7.68. The molecule has 1 unspecified atom stereocenters. The summed E-state index contributed by atoms with van der Waals surface area (Å²) in [5.41, 5.74) is 2.02. The number of ether oxygens (including phenoxy) is 1. The Hall–Kier alpha value is -1.75. The second-order valence-electron chi connectivity index (χ2n) is 6.60. The van der Waals surface area contributed by atoms with Crippen molar-refractivity contribution < 1.29 is 9.53 Å². The first kappa shape index (κ1) is 16.1. The van der Waals surface area contributed by atoms with Crippen LogP contribution in [0.5, 0.6) is 0 Å². The number of nitrogens with one attached hydrogen (secondary N) is 2. The van der Waals surface area contributed by atoms with Gasteiger partial charge in [0.1, 0.15) is 0 Å². The van der Waals surface area contributed by atoms with Gasteiger partial charge in [0.2, 0.25) is 0 Å². The van der Waals surface area contributed by atoms with E-state index < -0.39 is 0 Å². The Morgan fingerprint density at radius 2 is 1.91 bits per heavy atom. The third kappa shape index (κ3) is 4.38. The van der Waals surface area contributed by atoms with Crippen LogP contribution in [0, 0.1) is 0 Å². The summed E-state index contributed by atoms with van der Waals surface area (Å²) in [5, 5.41) is 6.01. The van der Waals surface area contributed by atoms with Crippen molar-refractivity contribution in [3.8, 4) is 0 Å².